The van der Waals surface area contributed by atoms with Gasteiger partial charge in [0.1, 0.15) is 18.8 Å². The number of carbonyl (C=O) groups excluding carboxylic acids is 4. The molecule has 0 saturated carbocycles. The van der Waals surface area contributed by atoms with E-state index in [2.05, 4.69) is 0 Å². The lowest BCUT2D eigenvalue weighted by Gasteiger charge is -2.20. The molecule has 2 atom stereocenters. The summed E-state index contributed by atoms with van der Waals surface area (Å²) in [7, 11) is 0. The SMILES string of the molecule is C[C@@H](COC(=O)[C@@H](N)Cc1ccc(OC(=O)CC(C)(C)C)c(OC(=O)CC(C)(C)C)c1)OC(=O)c1ccccc1. The van der Waals surface area contributed by atoms with Crippen LogP contribution < -0.4 is 15.2 Å². The van der Waals surface area contributed by atoms with E-state index >= 15 is 0 Å². The molecule has 0 aliphatic rings. The summed E-state index contributed by atoms with van der Waals surface area (Å²) < 4.78 is 21.6. The van der Waals surface area contributed by atoms with Crippen LogP contribution in [-0.4, -0.2) is 42.6 Å². The van der Waals surface area contributed by atoms with Crippen LogP contribution in [-0.2, 0) is 30.3 Å². The number of hydrogen-bond acceptors (Lipinski definition) is 9. The summed E-state index contributed by atoms with van der Waals surface area (Å²) in [6, 6.07) is 12.1. The van der Waals surface area contributed by atoms with Gasteiger partial charge in [0.25, 0.3) is 0 Å². The average Bonchev–Trinajstić information content (AvgIpc) is 2.82. The molecule has 0 bridgehead atoms. The van der Waals surface area contributed by atoms with E-state index in [0.717, 1.165) is 0 Å². The third kappa shape index (κ3) is 12.0. The molecule has 0 fully saturated rings. The molecule has 0 saturated heterocycles. The van der Waals surface area contributed by atoms with Crippen LogP contribution in [0.1, 0.15) is 77.2 Å². The molecule has 0 amide bonds. The van der Waals surface area contributed by atoms with Crippen LogP contribution in [0.2, 0.25) is 0 Å². The van der Waals surface area contributed by atoms with E-state index in [4.69, 9.17) is 24.7 Å². The molecule has 2 rings (SSSR count). The lowest BCUT2D eigenvalue weighted by Crippen LogP contribution is -2.36. The van der Waals surface area contributed by atoms with Gasteiger partial charge in [-0.25, -0.2) is 4.79 Å². The van der Waals surface area contributed by atoms with Crippen molar-refractivity contribution in [3.8, 4) is 11.5 Å². The number of rotatable bonds is 11. The Balaban J connectivity index is 2.05. The van der Waals surface area contributed by atoms with Crippen molar-refractivity contribution in [3.05, 3.63) is 59.7 Å². The molecule has 2 aromatic carbocycles. The van der Waals surface area contributed by atoms with Crippen molar-refractivity contribution >= 4 is 23.9 Å². The van der Waals surface area contributed by atoms with Crippen LogP contribution in [0.15, 0.2) is 48.5 Å². The highest BCUT2D eigenvalue weighted by Gasteiger charge is 2.24. The van der Waals surface area contributed by atoms with Gasteiger partial charge in [0.15, 0.2) is 11.5 Å². The molecule has 2 N–H and O–H groups in total. The van der Waals surface area contributed by atoms with Crippen LogP contribution in [0, 0.1) is 10.8 Å². The maximum atomic E-state index is 12.6. The second kappa shape index (κ2) is 14.1. The molecular formula is C31H41NO8. The minimum Gasteiger partial charge on any atom is -0.461 e. The van der Waals surface area contributed by atoms with Crippen molar-refractivity contribution in [2.75, 3.05) is 6.61 Å². The highest BCUT2D eigenvalue weighted by Crippen LogP contribution is 2.32. The topological polar surface area (TPSA) is 131 Å². The van der Waals surface area contributed by atoms with E-state index in [9.17, 15) is 19.2 Å². The number of esters is 4. The van der Waals surface area contributed by atoms with Gasteiger partial charge in [-0.1, -0.05) is 65.8 Å². The highest BCUT2D eigenvalue weighted by molar-refractivity contribution is 5.89. The third-order valence-corrected chi connectivity index (χ3v) is 5.34. The molecule has 218 valence electrons. The van der Waals surface area contributed by atoms with Crippen LogP contribution in [0.25, 0.3) is 0 Å². The summed E-state index contributed by atoms with van der Waals surface area (Å²) in [4.78, 5) is 49.7. The van der Waals surface area contributed by atoms with E-state index in [1.165, 1.54) is 12.1 Å². The zero-order chi connectivity index (χ0) is 30.1. The summed E-state index contributed by atoms with van der Waals surface area (Å²) in [5, 5.41) is 0. The van der Waals surface area contributed by atoms with Crippen LogP contribution in [0.5, 0.6) is 11.5 Å². The minimum absolute atomic E-state index is 0.0658. The molecule has 0 aliphatic carbocycles. The second-order valence-corrected chi connectivity index (χ2v) is 12.2. The molecule has 0 aliphatic heterocycles. The highest BCUT2D eigenvalue weighted by atomic mass is 16.6. The number of benzene rings is 2. The van der Waals surface area contributed by atoms with Gasteiger partial charge in [-0.05, 0) is 54.0 Å². The molecule has 9 heteroatoms. The fourth-order valence-electron chi connectivity index (χ4n) is 3.53. The molecule has 0 unspecified atom stereocenters. The van der Waals surface area contributed by atoms with E-state index in [0.29, 0.717) is 11.1 Å². The molecule has 2 aromatic rings. The maximum absolute atomic E-state index is 12.6. The Morgan fingerprint density at radius 2 is 1.35 bits per heavy atom. The van der Waals surface area contributed by atoms with Crippen LogP contribution >= 0.6 is 0 Å². The van der Waals surface area contributed by atoms with Crippen molar-refractivity contribution < 1.29 is 38.1 Å². The van der Waals surface area contributed by atoms with Gasteiger partial charge in [0.05, 0.1) is 18.4 Å². The quantitative estimate of drug-likeness (QED) is 0.300. The first-order chi connectivity index (χ1) is 18.5. The zero-order valence-corrected chi connectivity index (χ0v) is 24.4. The summed E-state index contributed by atoms with van der Waals surface area (Å²) in [6.45, 7) is 12.9. The molecule has 40 heavy (non-hydrogen) atoms. The predicted molar refractivity (Wildman–Crippen MR) is 150 cm³/mol. The van der Waals surface area contributed by atoms with Crippen molar-refractivity contribution in [1.82, 2.24) is 0 Å². The lowest BCUT2D eigenvalue weighted by atomic mass is 9.92. The monoisotopic (exact) mass is 555 g/mol. The zero-order valence-electron chi connectivity index (χ0n) is 24.4. The van der Waals surface area contributed by atoms with Gasteiger partial charge in [0, 0.05) is 0 Å². The van der Waals surface area contributed by atoms with E-state index in [1.54, 1.807) is 43.3 Å². The van der Waals surface area contributed by atoms with Crippen molar-refractivity contribution in [2.45, 2.75) is 79.9 Å². The van der Waals surface area contributed by atoms with Crippen LogP contribution in [0.3, 0.4) is 0 Å². The summed E-state index contributed by atoms with van der Waals surface area (Å²) in [5.41, 5.74) is 6.44. The van der Waals surface area contributed by atoms with E-state index in [1.807, 2.05) is 41.5 Å². The Bertz CT molecular complexity index is 1180. The number of carbonyl (C=O) groups is 4. The minimum atomic E-state index is -1.04. The Kier molecular flexibility index (Phi) is 11.4. The molecule has 0 heterocycles. The molecular weight excluding hydrogens is 514 g/mol. The van der Waals surface area contributed by atoms with E-state index < -0.39 is 36.0 Å². The van der Waals surface area contributed by atoms with Gasteiger partial charge < -0.3 is 24.7 Å². The molecule has 0 spiro atoms. The molecule has 0 radical (unpaired) electrons. The fourth-order valence-corrected chi connectivity index (χ4v) is 3.53. The van der Waals surface area contributed by atoms with Crippen LogP contribution in [0.4, 0.5) is 0 Å². The second-order valence-electron chi connectivity index (χ2n) is 12.2. The third-order valence-electron chi connectivity index (χ3n) is 5.34. The first-order valence-corrected chi connectivity index (χ1v) is 13.2. The number of nitrogens with two attached hydrogens (primary N) is 1. The van der Waals surface area contributed by atoms with Gasteiger partial charge in [0.2, 0.25) is 0 Å². The predicted octanol–water partition coefficient (Wildman–Crippen LogP) is 5.03. The van der Waals surface area contributed by atoms with Gasteiger partial charge >= 0.3 is 23.9 Å². The van der Waals surface area contributed by atoms with Crippen molar-refractivity contribution in [2.24, 2.45) is 16.6 Å². The molecule has 0 aromatic heterocycles. The average molecular weight is 556 g/mol. The Morgan fingerprint density at radius 1 is 0.800 bits per heavy atom. The Morgan fingerprint density at radius 3 is 1.90 bits per heavy atom. The van der Waals surface area contributed by atoms with Crippen molar-refractivity contribution in [3.63, 3.8) is 0 Å². The lowest BCUT2D eigenvalue weighted by molar-refractivity contribution is -0.148. The van der Waals surface area contributed by atoms with E-state index in [-0.39, 0.29) is 48.2 Å². The number of hydrogen-bond donors (Lipinski definition) is 1. The normalized spacial score (nSPS) is 13.1. The molecule has 9 nitrogen and oxygen atoms in total. The summed E-state index contributed by atoms with van der Waals surface area (Å²) in [6.07, 6.45) is -0.303. The van der Waals surface area contributed by atoms with Gasteiger partial charge in [-0.2, -0.15) is 0 Å². The largest absolute Gasteiger partial charge is 0.461 e. The first-order valence-electron chi connectivity index (χ1n) is 13.2. The summed E-state index contributed by atoms with van der Waals surface area (Å²) >= 11 is 0. The maximum Gasteiger partial charge on any atom is 0.338 e. The van der Waals surface area contributed by atoms with Gasteiger partial charge in [-0.15, -0.1) is 0 Å². The Labute approximate surface area is 236 Å². The standard InChI is InChI=1S/C31H41NO8/c1-20(38-28(35)22-11-9-8-10-12-22)19-37-29(36)23(32)15-21-13-14-24(39-26(33)17-30(2,3)4)25(16-21)40-27(34)18-31(5,6)7/h8-14,16,20,23H,15,17-19,32H2,1-7H3/t20-,23-/m0/s1. The smallest absolute Gasteiger partial charge is 0.338 e. The first kappa shape index (κ1) is 32.5. The number of ether oxygens (including phenoxy) is 4. The van der Waals surface area contributed by atoms with Gasteiger partial charge in [-0.3, -0.25) is 14.4 Å². The van der Waals surface area contributed by atoms with Crippen molar-refractivity contribution in [1.29, 1.82) is 0 Å². The Hall–Kier alpha value is -3.72. The summed E-state index contributed by atoms with van der Waals surface area (Å²) in [5.74, 6) is -1.99. The fraction of sp³-hybridized carbons (Fsp3) is 0.484.